The average molecular weight is 467 g/mol. The maximum atomic E-state index is 13.1. The van der Waals surface area contributed by atoms with Gasteiger partial charge in [-0.2, -0.15) is 0 Å². The van der Waals surface area contributed by atoms with Gasteiger partial charge in [0.05, 0.1) is 45.1 Å². The number of fused-ring (bicyclic) bond motifs is 1. The third kappa shape index (κ3) is 3.68. The number of hydrogen-bond donors (Lipinski definition) is 0. The molecule has 0 amide bonds. The van der Waals surface area contributed by atoms with E-state index in [-0.39, 0.29) is 28.8 Å². The summed E-state index contributed by atoms with van der Waals surface area (Å²) in [5.74, 6) is -3.11. The van der Waals surface area contributed by atoms with Crippen LogP contribution >= 0.6 is 0 Å². The fourth-order valence-corrected chi connectivity index (χ4v) is 4.27. The molecular weight excluding hydrogens is 442 g/mol. The molecule has 0 saturated heterocycles. The Morgan fingerprint density at radius 1 is 0.735 bits per heavy atom. The molecule has 0 fully saturated rings. The lowest BCUT2D eigenvalue weighted by atomic mass is 9.89. The minimum Gasteiger partial charge on any atom is -0.465 e. The van der Waals surface area contributed by atoms with Gasteiger partial charge in [-0.15, -0.1) is 0 Å². The minimum absolute atomic E-state index is 0.0128. The van der Waals surface area contributed by atoms with Crippen molar-refractivity contribution >= 4 is 34.8 Å². The van der Waals surface area contributed by atoms with Crippen molar-refractivity contribution in [3.05, 3.63) is 63.8 Å². The van der Waals surface area contributed by atoms with Gasteiger partial charge >= 0.3 is 23.9 Å². The Morgan fingerprint density at radius 2 is 1.24 bits per heavy atom. The number of esters is 4. The van der Waals surface area contributed by atoms with Gasteiger partial charge in [0.25, 0.3) is 0 Å². The summed E-state index contributed by atoms with van der Waals surface area (Å²) in [4.78, 5) is 51.9. The summed E-state index contributed by atoms with van der Waals surface area (Å²) < 4.78 is 21.5. The smallest absolute Gasteiger partial charge is 0.355 e. The second-order valence-corrected chi connectivity index (χ2v) is 7.29. The Bertz CT molecular complexity index is 1300. The largest absolute Gasteiger partial charge is 0.465 e. The molecule has 1 aromatic heterocycles. The summed E-state index contributed by atoms with van der Waals surface area (Å²) in [5, 5.41) is 0.296. The first-order valence-electron chi connectivity index (χ1n) is 10.4. The molecule has 0 unspecified atom stereocenters. The first-order chi connectivity index (χ1) is 16.3. The third-order valence-corrected chi connectivity index (χ3v) is 5.67. The van der Waals surface area contributed by atoms with Crippen LogP contribution < -0.4 is 0 Å². The van der Waals surface area contributed by atoms with Crippen LogP contribution in [0.3, 0.4) is 0 Å². The van der Waals surface area contributed by atoms with Crippen LogP contribution in [0.2, 0.25) is 0 Å². The number of carbonyl (C=O) groups is 4. The molecule has 178 valence electrons. The van der Waals surface area contributed by atoms with E-state index in [2.05, 4.69) is 0 Å². The Hall–Kier alpha value is -4.14. The Kier molecular flexibility index (Phi) is 7.05. The maximum absolute atomic E-state index is 13.1. The van der Waals surface area contributed by atoms with Crippen LogP contribution in [0.4, 0.5) is 0 Å². The van der Waals surface area contributed by atoms with Crippen LogP contribution in [0.5, 0.6) is 0 Å². The Morgan fingerprint density at radius 3 is 1.74 bits per heavy atom. The van der Waals surface area contributed by atoms with Gasteiger partial charge in [-0.25, -0.2) is 19.2 Å². The third-order valence-electron chi connectivity index (χ3n) is 5.67. The normalized spacial score (nSPS) is 10.6. The number of aryl methyl sites for hydroxylation is 2. The number of benzene rings is 2. The molecule has 3 aromatic rings. The first kappa shape index (κ1) is 24.5. The number of methoxy groups -OCH3 is 4. The predicted molar refractivity (Wildman–Crippen MR) is 123 cm³/mol. The molecule has 0 aliphatic heterocycles. The van der Waals surface area contributed by atoms with Crippen LogP contribution in [0, 0.1) is 6.92 Å². The fraction of sp³-hybridized carbons (Fsp3) is 0.280. The Balaban J connectivity index is 2.79. The molecule has 0 spiro atoms. The highest BCUT2D eigenvalue weighted by Crippen LogP contribution is 2.40. The van der Waals surface area contributed by atoms with E-state index in [1.54, 1.807) is 44.2 Å². The quantitative estimate of drug-likeness (QED) is 0.399. The molecule has 0 N–H and O–H groups in total. The molecule has 0 radical (unpaired) electrons. The van der Waals surface area contributed by atoms with Crippen molar-refractivity contribution in [1.29, 1.82) is 0 Å². The zero-order chi connectivity index (χ0) is 25.2. The zero-order valence-electron chi connectivity index (χ0n) is 19.8. The molecule has 0 atom stereocenters. The van der Waals surface area contributed by atoms with Gasteiger partial charge in [0, 0.05) is 11.1 Å². The number of para-hydroxylation sites is 1. The summed E-state index contributed by atoms with van der Waals surface area (Å²) in [6.07, 6.45) is 0.231. The number of nitrogens with zero attached hydrogens (tertiary/aromatic N) is 1. The molecule has 0 aliphatic rings. The highest BCUT2D eigenvalue weighted by Gasteiger charge is 2.36. The van der Waals surface area contributed by atoms with Crippen LogP contribution in [-0.2, 0) is 25.4 Å². The van der Waals surface area contributed by atoms with Gasteiger partial charge in [-0.3, -0.25) is 0 Å². The second-order valence-electron chi connectivity index (χ2n) is 7.29. The van der Waals surface area contributed by atoms with Gasteiger partial charge < -0.3 is 23.5 Å². The highest BCUT2D eigenvalue weighted by molar-refractivity contribution is 6.19. The molecule has 9 nitrogen and oxygen atoms in total. The van der Waals surface area contributed by atoms with Crippen molar-refractivity contribution in [3.8, 4) is 5.69 Å². The lowest BCUT2D eigenvalue weighted by Gasteiger charge is -2.18. The monoisotopic (exact) mass is 467 g/mol. The first-order valence-corrected chi connectivity index (χ1v) is 10.4. The fourth-order valence-electron chi connectivity index (χ4n) is 4.27. The van der Waals surface area contributed by atoms with Crippen molar-refractivity contribution in [3.63, 3.8) is 0 Å². The van der Waals surface area contributed by atoms with Gasteiger partial charge in [-0.05, 0) is 36.6 Å². The van der Waals surface area contributed by atoms with Gasteiger partial charge in [0.1, 0.15) is 11.3 Å². The zero-order valence-corrected chi connectivity index (χ0v) is 19.8. The van der Waals surface area contributed by atoms with Gasteiger partial charge in [0.2, 0.25) is 0 Å². The summed E-state index contributed by atoms with van der Waals surface area (Å²) in [6.45, 7) is 3.37. The highest BCUT2D eigenvalue weighted by atomic mass is 16.5. The number of rotatable bonds is 6. The maximum Gasteiger partial charge on any atom is 0.355 e. The molecule has 3 rings (SSSR count). The van der Waals surface area contributed by atoms with Crippen LogP contribution in [0.1, 0.15) is 59.6 Å². The number of carbonyl (C=O) groups excluding carboxylic acids is 4. The molecule has 2 aromatic carbocycles. The molecule has 1 heterocycles. The van der Waals surface area contributed by atoms with Crippen LogP contribution in [-0.4, -0.2) is 56.9 Å². The van der Waals surface area contributed by atoms with Crippen LogP contribution in [0.25, 0.3) is 16.6 Å². The Labute approximate surface area is 196 Å². The lowest BCUT2D eigenvalue weighted by molar-refractivity contribution is 0.0550. The molecule has 9 heteroatoms. The van der Waals surface area contributed by atoms with Gasteiger partial charge in [-0.1, -0.05) is 25.1 Å². The van der Waals surface area contributed by atoms with Crippen molar-refractivity contribution in [2.24, 2.45) is 0 Å². The van der Waals surface area contributed by atoms with Crippen LogP contribution in [0.15, 0.2) is 30.3 Å². The number of aromatic nitrogens is 1. The van der Waals surface area contributed by atoms with Crippen molar-refractivity contribution in [2.45, 2.75) is 20.3 Å². The molecular formula is C25H25NO8. The number of hydrogen-bond acceptors (Lipinski definition) is 8. The summed E-state index contributed by atoms with van der Waals surface area (Å²) in [6, 6.07) is 8.81. The van der Waals surface area contributed by atoms with E-state index < -0.39 is 23.9 Å². The molecule has 0 saturated carbocycles. The van der Waals surface area contributed by atoms with E-state index >= 15 is 0 Å². The molecule has 0 aliphatic carbocycles. The standard InChI is InChI=1S/C25H25NO8/c1-7-15-17-19(24(29)33-5)21(25(30)34-6)26(14-11-9-8-10-12-14)20(17)13(2)16(22(27)31-3)18(15)23(28)32-4/h8-12H,7H2,1-6H3. The molecule has 34 heavy (non-hydrogen) atoms. The van der Waals surface area contributed by atoms with E-state index in [1.807, 2.05) is 0 Å². The average Bonchev–Trinajstić information content (AvgIpc) is 3.23. The van der Waals surface area contributed by atoms with Crippen molar-refractivity contribution < 1.29 is 38.1 Å². The van der Waals surface area contributed by atoms with Crippen molar-refractivity contribution in [2.75, 3.05) is 28.4 Å². The van der Waals surface area contributed by atoms with Crippen molar-refractivity contribution in [1.82, 2.24) is 4.57 Å². The van der Waals surface area contributed by atoms with E-state index in [9.17, 15) is 19.2 Å². The minimum atomic E-state index is -0.796. The number of ether oxygens (including phenoxy) is 4. The predicted octanol–water partition coefficient (Wildman–Crippen LogP) is 3.65. The van der Waals surface area contributed by atoms with Gasteiger partial charge in [0.15, 0.2) is 0 Å². The SMILES string of the molecule is CCc1c(C(=O)OC)c(C(=O)OC)c(C)c2c1c(C(=O)OC)c(C(=O)OC)n2-c1ccccc1. The van der Waals surface area contributed by atoms with E-state index in [4.69, 9.17) is 18.9 Å². The van der Waals surface area contributed by atoms with E-state index in [0.717, 1.165) is 0 Å². The lowest BCUT2D eigenvalue weighted by Crippen LogP contribution is -2.18. The summed E-state index contributed by atoms with van der Waals surface area (Å²) in [7, 11) is 4.79. The summed E-state index contributed by atoms with van der Waals surface area (Å²) in [5.41, 5.74) is 1.36. The van der Waals surface area contributed by atoms with E-state index in [1.165, 1.54) is 33.0 Å². The molecule has 0 bridgehead atoms. The summed E-state index contributed by atoms with van der Waals surface area (Å²) >= 11 is 0. The van der Waals surface area contributed by atoms with E-state index in [0.29, 0.717) is 27.7 Å². The second kappa shape index (κ2) is 9.78. The topological polar surface area (TPSA) is 110 Å².